The van der Waals surface area contributed by atoms with E-state index in [4.69, 9.17) is 20.2 Å². The first-order valence-corrected chi connectivity index (χ1v) is 12.9. The second-order valence-corrected chi connectivity index (χ2v) is 10.1. The predicted octanol–water partition coefficient (Wildman–Crippen LogP) is 3.68. The van der Waals surface area contributed by atoms with Crippen molar-refractivity contribution in [2.75, 3.05) is 33.5 Å². The second kappa shape index (κ2) is 9.46. The van der Waals surface area contributed by atoms with E-state index in [2.05, 4.69) is 27.3 Å². The minimum absolute atomic E-state index is 0.114. The van der Waals surface area contributed by atoms with Gasteiger partial charge in [-0.05, 0) is 49.1 Å². The van der Waals surface area contributed by atoms with Crippen molar-refractivity contribution in [2.45, 2.75) is 38.0 Å². The highest BCUT2D eigenvalue weighted by Crippen LogP contribution is 2.36. The molecule has 2 N–H and O–H groups in total. The number of halogens is 1. The van der Waals surface area contributed by atoms with Crippen LogP contribution in [0.1, 0.15) is 28.8 Å². The summed E-state index contributed by atoms with van der Waals surface area (Å²) in [4.78, 5) is 19.9. The quantitative estimate of drug-likeness (QED) is 0.414. The third-order valence-electron chi connectivity index (χ3n) is 7.67. The Morgan fingerprint density at radius 3 is 2.92 bits per heavy atom. The number of aryl methyl sites for hydroxylation is 1. The Morgan fingerprint density at radius 2 is 2.16 bits per heavy atom. The molecule has 4 aromatic rings. The van der Waals surface area contributed by atoms with Gasteiger partial charge in [0.2, 0.25) is 0 Å². The van der Waals surface area contributed by atoms with E-state index in [0.717, 1.165) is 64.2 Å². The standard InChI is InChI=1S/C28H32FN5O3/c1-32-23-11-17-8-9-33(15-19(30)14-29)28(35)21(17)13-22(23)31-27(32)24-12-18-5-3-7-25(36-2)26(18)34(24)16-20-6-4-10-37-20/h3,5,7,11-13,19-20H,4,6,8-10,14-16,30H2,1-2H3/t19-,20+/m1/s1. The van der Waals surface area contributed by atoms with Crippen LogP contribution in [0.4, 0.5) is 4.39 Å². The first-order valence-electron chi connectivity index (χ1n) is 12.9. The number of nitrogens with two attached hydrogens (primary N) is 1. The molecule has 0 aliphatic carbocycles. The summed E-state index contributed by atoms with van der Waals surface area (Å²) in [7, 11) is 3.71. The molecule has 2 aromatic heterocycles. The number of methoxy groups -OCH3 is 1. The van der Waals surface area contributed by atoms with Gasteiger partial charge < -0.3 is 29.2 Å². The monoisotopic (exact) mass is 505 g/mol. The number of amides is 1. The van der Waals surface area contributed by atoms with Crippen molar-refractivity contribution >= 4 is 27.8 Å². The number of benzene rings is 2. The smallest absolute Gasteiger partial charge is 0.254 e. The molecule has 1 saturated heterocycles. The number of para-hydroxylation sites is 1. The number of carbonyl (C=O) groups excluding carboxylic acids is 1. The zero-order chi connectivity index (χ0) is 25.7. The number of imidazole rings is 1. The van der Waals surface area contributed by atoms with Gasteiger partial charge >= 0.3 is 0 Å². The van der Waals surface area contributed by atoms with Gasteiger partial charge in [0.05, 0.1) is 41.5 Å². The number of aromatic nitrogens is 3. The van der Waals surface area contributed by atoms with Crippen molar-refractivity contribution < 1.29 is 18.7 Å². The van der Waals surface area contributed by atoms with E-state index in [1.807, 2.05) is 25.2 Å². The molecule has 0 spiro atoms. The predicted molar refractivity (Wildman–Crippen MR) is 141 cm³/mol. The highest BCUT2D eigenvalue weighted by Gasteiger charge is 2.28. The lowest BCUT2D eigenvalue weighted by Gasteiger charge is -2.30. The maximum absolute atomic E-state index is 13.2. The Hall–Kier alpha value is -3.43. The van der Waals surface area contributed by atoms with Gasteiger partial charge in [0.25, 0.3) is 5.91 Å². The minimum atomic E-state index is -0.668. The maximum atomic E-state index is 13.2. The van der Waals surface area contributed by atoms with Crippen molar-refractivity contribution in [3.05, 3.63) is 47.5 Å². The van der Waals surface area contributed by atoms with Crippen LogP contribution in [0.15, 0.2) is 36.4 Å². The summed E-state index contributed by atoms with van der Waals surface area (Å²) in [5, 5.41) is 1.08. The molecule has 6 rings (SSSR count). The van der Waals surface area contributed by atoms with E-state index in [-0.39, 0.29) is 18.6 Å². The van der Waals surface area contributed by atoms with E-state index in [1.165, 1.54) is 0 Å². The van der Waals surface area contributed by atoms with Crippen molar-refractivity contribution in [3.8, 4) is 17.3 Å². The summed E-state index contributed by atoms with van der Waals surface area (Å²) in [6.07, 6.45) is 2.93. The molecule has 0 unspecified atom stereocenters. The van der Waals surface area contributed by atoms with Crippen molar-refractivity contribution in [1.29, 1.82) is 0 Å². The summed E-state index contributed by atoms with van der Waals surface area (Å²) >= 11 is 0. The van der Waals surface area contributed by atoms with Crippen LogP contribution in [0, 0.1) is 0 Å². The van der Waals surface area contributed by atoms with E-state index >= 15 is 0 Å². The fourth-order valence-electron chi connectivity index (χ4n) is 5.77. The number of hydrogen-bond donors (Lipinski definition) is 1. The molecule has 0 radical (unpaired) electrons. The van der Waals surface area contributed by atoms with Crippen LogP contribution in [0.25, 0.3) is 33.5 Å². The van der Waals surface area contributed by atoms with Crippen LogP contribution < -0.4 is 10.5 Å². The topological polar surface area (TPSA) is 87.5 Å². The van der Waals surface area contributed by atoms with Crippen LogP contribution >= 0.6 is 0 Å². The average molecular weight is 506 g/mol. The molecular formula is C28H32FN5O3. The lowest BCUT2D eigenvalue weighted by Crippen LogP contribution is -2.45. The normalized spacial score (nSPS) is 18.6. The van der Waals surface area contributed by atoms with Gasteiger partial charge in [-0.25, -0.2) is 9.37 Å². The number of hydrogen-bond acceptors (Lipinski definition) is 5. The molecule has 4 heterocycles. The minimum Gasteiger partial charge on any atom is -0.495 e. The van der Waals surface area contributed by atoms with Crippen LogP contribution in [-0.4, -0.2) is 70.6 Å². The van der Waals surface area contributed by atoms with Crippen LogP contribution in [0.5, 0.6) is 5.75 Å². The number of fused-ring (bicyclic) bond motifs is 3. The Morgan fingerprint density at radius 1 is 1.30 bits per heavy atom. The fourth-order valence-corrected chi connectivity index (χ4v) is 5.77. The maximum Gasteiger partial charge on any atom is 0.254 e. The number of ether oxygens (including phenoxy) is 2. The van der Waals surface area contributed by atoms with E-state index in [0.29, 0.717) is 25.1 Å². The van der Waals surface area contributed by atoms with Crippen molar-refractivity contribution in [1.82, 2.24) is 19.0 Å². The number of nitrogens with zero attached hydrogens (tertiary/aromatic N) is 4. The molecule has 8 nitrogen and oxygen atoms in total. The van der Waals surface area contributed by atoms with Gasteiger partial charge in [-0.2, -0.15) is 0 Å². The lowest BCUT2D eigenvalue weighted by molar-refractivity contribution is 0.0725. The SMILES string of the molecule is COc1cccc2cc(-c3nc4cc5c(cc4n3C)CCN(C[C@H](N)CF)C5=O)n(C[C@@H]3CCCO3)c12. The molecule has 2 atom stereocenters. The Kier molecular flexibility index (Phi) is 6.12. The molecular weight excluding hydrogens is 473 g/mol. The van der Waals surface area contributed by atoms with E-state index < -0.39 is 12.7 Å². The van der Waals surface area contributed by atoms with Gasteiger partial charge in [0, 0.05) is 44.2 Å². The molecule has 194 valence electrons. The van der Waals surface area contributed by atoms with Crippen LogP contribution in [0.2, 0.25) is 0 Å². The molecule has 1 fully saturated rings. The first kappa shape index (κ1) is 23.9. The molecule has 0 saturated carbocycles. The summed E-state index contributed by atoms with van der Waals surface area (Å²) in [5.74, 6) is 1.52. The number of carbonyl (C=O) groups is 1. The second-order valence-electron chi connectivity index (χ2n) is 10.1. The number of alkyl halides is 1. The van der Waals surface area contributed by atoms with Crippen molar-refractivity contribution in [3.63, 3.8) is 0 Å². The molecule has 2 aliphatic rings. The van der Waals surface area contributed by atoms with Gasteiger partial charge in [0.15, 0.2) is 5.82 Å². The molecule has 1 amide bonds. The molecule has 37 heavy (non-hydrogen) atoms. The third-order valence-corrected chi connectivity index (χ3v) is 7.67. The Labute approximate surface area is 214 Å². The fraction of sp³-hybridized carbons (Fsp3) is 0.429. The summed E-state index contributed by atoms with van der Waals surface area (Å²) < 4.78 is 29.1. The van der Waals surface area contributed by atoms with Gasteiger partial charge in [-0.3, -0.25) is 4.79 Å². The molecule has 0 bridgehead atoms. The van der Waals surface area contributed by atoms with Gasteiger partial charge in [-0.15, -0.1) is 0 Å². The van der Waals surface area contributed by atoms with Crippen LogP contribution in [-0.2, 0) is 24.8 Å². The van der Waals surface area contributed by atoms with E-state index in [1.54, 1.807) is 12.0 Å². The van der Waals surface area contributed by atoms with Gasteiger partial charge in [0.1, 0.15) is 12.4 Å². The largest absolute Gasteiger partial charge is 0.495 e. The van der Waals surface area contributed by atoms with E-state index in [9.17, 15) is 9.18 Å². The molecule has 9 heteroatoms. The van der Waals surface area contributed by atoms with Crippen molar-refractivity contribution in [2.24, 2.45) is 12.8 Å². The van der Waals surface area contributed by atoms with Crippen LogP contribution in [0.3, 0.4) is 0 Å². The highest BCUT2D eigenvalue weighted by atomic mass is 19.1. The summed E-state index contributed by atoms with van der Waals surface area (Å²) in [5.41, 5.74) is 11.1. The summed E-state index contributed by atoms with van der Waals surface area (Å²) in [6, 6.07) is 11.5. The zero-order valence-electron chi connectivity index (χ0n) is 21.2. The third kappa shape index (κ3) is 4.06. The highest BCUT2D eigenvalue weighted by molar-refractivity contribution is 6.01. The van der Waals surface area contributed by atoms with Gasteiger partial charge in [-0.1, -0.05) is 12.1 Å². The first-order chi connectivity index (χ1) is 18.0. The Bertz CT molecular complexity index is 1490. The summed E-state index contributed by atoms with van der Waals surface area (Å²) in [6.45, 7) is 1.59. The average Bonchev–Trinajstić information content (AvgIpc) is 3.63. The zero-order valence-corrected chi connectivity index (χ0v) is 21.2. The molecule has 2 aromatic carbocycles. The molecule has 2 aliphatic heterocycles. The lowest BCUT2D eigenvalue weighted by atomic mass is 9.97. The Balaban J connectivity index is 1.46. The number of rotatable bonds is 7.